The monoisotopic (exact) mass is 414 g/mol. The predicted molar refractivity (Wildman–Crippen MR) is 100 cm³/mol. The van der Waals surface area contributed by atoms with Gasteiger partial charge in [-0.05, 0) is 38.8 Å². The van der Waals surface area contributed by atoms with Crippen molar-refractivity contribution in [1.82, 2.24) is 19.1 Å². The maximum absolute atomic E-state index is 14.7. The zero-order valence-electron chi connectivity index (χ0n) is 16.2. The number of hydrogen-bond acceptors (Lipinski definition) is 4. The molecule has 28 heavy (non-hydrogen) atoms. The quantitative estimate of drug-likeness (QED) is 0.831. The number of H-pyrrole nitrogens is 1. The average molecular weight is 414 g/mol. The van der Waals surface area contributed by atoms with Crippen LogP contribution in [0.1, 0.15) is 56.5 Å². The van der Waals surface area contributed by atoms with E-state index in [0.717, 1.165) is 16.8 Å². The molecule has 1 N–H and O–H groups in total. The lowest BCUT2D eigenvalue weighted by Crippen LogP contribution is -2.47. The summed E-state index contributed by atoms with van der Waals surface area (Å²) in [7, 11) is -2.10. The van der Waals surface area contributed by atoms with Gasteiger partial charge in [-0.3, -0.25) is 4.98 Å². The van der Waals surface area contributed by atoms with Crippen LogP contribution in [0.25, 0.3) is 0 Å². The van der Waals surface area contributed by atoms with Gasteiger partial charge in [0.1, 0.15) is 17.5 Å². The van der Waals surface area contributed by atoms with Crippen LogP contribution >= 0.6 is 0 Å². The summed E-state index contributed by atoms with van der Waals surface area (Å²) in [6.07, 6.45) is 1.22. The molecule has 0 amide bonds. The SMILES string of the molecule is CC(c1nn(C)c(=O)[nH]1)c1cc(F)c(CN2[C@@H](C)CC[C@@H](C)S2(=O)=O)cc1F. The van der Waals surface area contributed by atoms with Crippen LogP contribution in [-0.4, -0.2) is 38.8 Å². The molecule has 7 nitrogen and oxygen atoms in total. The fourth-order valence-corrected chi connectivity index (χ4v) is 5.31. The highest BCUT2D eigenvalue weighted by Gasteiger charge is 2.37. The number of halogens is 2. The number of aromatic nitrogens is 3. The van der Waals surface area contributed by atoms with Crippen molar-refractivity contribution in [3.8, 4) is 0 Å². The summed E-state index contributed by atoms with van der Waals surface area (Å²) in [5.41, 5.74) is -0.427. The largest absolute Gasteiger partial charge is 0.343 e. The Morgan fingerprint density at radius 3 is 2.54 bits per heavy atom. The van der Waals surface area contributed by atoms with Crippen LogP contribution in [0, 0.1) is 11.6 Å². The molecule has 0 spiro atoms. The summed E-state index contributed by atoms with van der Waals surface area (Å²) >= 11 is 0. The molecule has 10 heteroatoms. The fraction of sp³-hybridized carbons (Fsp3) is 0.556. The highest BCUT2D eigenvalue weighted by Crippen LogP contribution is 2.30. The van der Waals surface area contributed by atoms with Gasteiger partial charge in [0.15, 0.2) is 0 Å². The maximum atomic E-state index is 14.7. The summed E-state index contributed by atoms with van der Waals surface area (Å²) in [4.78, 5) is 14.0. The first-order valence-electron chi connectivity index (χ1n) is 9.14. The molecule has 1 aliphatic heterocycles. The van der Waals surface area contributed by atoms with Gasteiger partial charge in [-0.15, -0.1) is 0 Å². The van der Waals surface area contributed by atoms with E-state index in [9.17, 15) is 22.0 Å². The number of aromatic amines is 1. The lowest BCUT2D eigenvalue weighted by atomic mass is 9.97. The summed E-state index contributed by atoms with van der Waals surface area (Å²) in [6.45, 7) is 4.79. The molecule has 2 heterocycles. The van der Waals surface area contributed by atoms with Crippen LogP contribution in [0.5, 0.6) is 0 Å². The standard InChI is InChI=1S/C18H24F2N4O3S/c1-10-5-6-11(2)28(26,27)24(10)9-13-7-16(20)14(8-15(13)19)12(3)17-21-18(25)23(4)22-17/h7-8,10-12H,5-6,9H2,1-4H3,(H,21,22,25)/t10-,11+,12?/m0/s1. The highest BCUT2D eigenvalue weighted by atomic mass is 32.2. The van der Waals surface area contributed by atoms with Crippen molar-refractivity contribution < 1.29 is 17.2 Å². The number of nitrogens with one attached hydrogen (secondary N) is 1. The lowest BCUT2D eigenvalue weighted by Gasteiger charge is -2.36. The summed E-state index contributed by atoms with van der Waals surface area (Å²) in [6, 6.07) is 1.80. The van der Waals surface area contributed by atoms with Gasteiger partial charge in [0.2, 0.25) is 10.0 Å². The van der Waals surface area contributed by atoms with Crippen molar-refractivity contribution in [2.45, 2.75) is 57.4 Å². The van der Waals surface area contributed by atoms with Crippen molar-refractivity contribution in [3.63, 3.8) is 0 Å². The van der Waals surface area contributed by atoms with Gasteiger partial charge in [0, 0.05) is 36.7 Å². The number of nitrogens with zero attached hydrogens (tertiary/aromatic N) is 3. The van der Waals surface area contributed by atoms with Crippen LogP contribution in [0.15, 0.2) is 16.9 Å². The van der Waals surface area contributed by atoms with E-state index in [1.807, 2.05) is 0 Å². The van der Waals surface area contributed by atoms with Gasteiger partial charge in [-0.25, -0.2) is 26.7 Å². The van der Waals surface area contributed by atoms with E-state index in [-0.39, 0.29) is 29.5 Å². The number of rotatable bonds is 4. The smallest absolute Gasteiger partial charge is 0.292 e. The number of benzene rings is 1. The molecular formula is C18H24F2N4O3S. The van der Waals surface area contributed by atoms with Crippen LogP contribution < -0.4 is 5.69 Å². The second-order valence-corrected chi connectivity index (χ2v) is 9.76. The topological polar surface area (TPSA) is 88.1 Å². The third kappa shape index (κ3) is 3.62. The molecule has 1 aromatic heterocycles. The first kappa shape index (κ1) is 20.7. The number of hydrogen-bond donors (Lipinski definition) is 1. The van der Waals surface area contributed by atoms with Crippen molar-refractivity contribution in [1.29, 1.82) is 0 Å². The van der Waals surface area contributed by atoms with Crippen molar-refractivity contribution in [2.75, 3.05) is 0 Å². The van der Waals surface area contributed by atoms with E-state index in [2.05, 4.69) is 10.1 Å². The minimum atomic E-state index is -3.56. The van der Waals surface area contributed by atoms with E-state index < -0.39 is 38.5 Å². The first-order chi connectivity index (χ1) is 13.0. The van der Waals surface area contributed by atoms with Gasteiger partial charge in [-0.1, -0.05) is 6.92 Å². The molecular weight excluding hydrogens is 390 g/mol. The van der Waals surface area contributed by atoms with E-state index >= 15 is 0 Å². The Morgan fingerprint density at radius 1 is 1.25 bits per heavy atom. The Labute approximate surface area is 162 Å². The number of aryl methyl sites for hydroxylation is 1. The molecule has 3 atom stereocenters. The Balaban J connectivity index is 1.93. The summed E-state index contributed by atoms with van der Waals surface area (Å²) in [5, 5.41) is 3.44. The molecule has 3 rings (SSSR count). The molecule has 1 unspecified atom stereocenters. The average Bonchev–Trinajstić information content (AvgIpc) is 2.96. The van der Waals surface area contributed by atoms with Gasteiger partial charge in [0.05, 0.1) is 5.25 Å². The van der Waals surface area contributed by atoms with Gasteiger partial charge in [0.25, 0.3) is 0 Å². The third-order valence-corrected chi connectivity index (χ3v) is 7.87. The predicted octanol–water partition coefficient (Wildman–Crippen LogP) is 2.24. The van der Waals surface area contributed by atoms with Gasteiger partial charge >= 0.3 is 5.69 Å². The minimum absolute atomic E-state index is 0.0208. The second-order valence-electron chi connectivity index (χ2n) is 7.45. The third-order valence-electron chi connectivity index (χ3n) is 5.47. The number of sulfonamides is 1. The van der Waals surface area contributed by atoms with E-state index in [1.165, 1.54) is 11.4 Å². The lowest BCUT2D eigenvalue weighted by molar-refractivity contribution is 0.281. The fourth-order valence-electron chi connectivity index (χ4n) is 3.49. The summed E-state index contributed by atoms with van der Waals surface area (Å²) in [5.74, 6) is -1.82. The highest BCUT2D eigenvalue weighted by molar-refractivity contribution is 7.89. The zero-order valence-corrected chi connectivity index (χ0v) is 17.1. The van der Waals surface area contributed by atoms with E-state index in [0.29, 0.717) is 12.8 Å². The van der Waals surface area contributed by atoms with Crippen molar-refractivity contribution in [3.05, 3.63) is 51.2 Å². The second kappa shape index (κ2) is 7.40. The minimum Gasteiger partial charge on any atom is -0.292 e. The molecule has 1 fully saturated rings. The van der Waals surface area contributed by atoms with Gasteiger partial charge < -0.3 is 0 Å². The molecule has 1 aliphatic rings. The molecule has 0 radical (unpaired) electrons. The molecule has 154 valence electrons. The maximum Gasteiger partial charge on any atom is 0.343 e. The van der Waals surface area contributed by atoms with Crippen LogP contribution in [0.2, 0.25) is 0 Å². The van der Waals surface area contributed by atoms with E-state index in [1.54, 1.807) is 20.8 Å². The summed E-state index contributed by atoms with van der Waals surface area (Å²) < 4.78 is 57.0. The van der Waals surface area contributed by atoms with Crippen LogP contribution in [-0.2, 0) is 23.6 Å². The zero-order chi connectivity index (χ0) is 20.8. The Kier molecular flexibility index (Phi) is 5.46. The Hall–Kier alpha value is -2.07. The first-order valence-corrected chi connectivity index (χ1v) is 10.6. The molecule has 2 aromatic rings. The molecule has 1 saturated heterocycles. The molecule has 0 bridgehead atoms. The van der Waals surface area contributed by atoms with Crippen LogP contribution in [0.4, 0.5) is 8.78 Å². The molecule has 0 aliphatic carbocycles. The van der Waals surface area contributed by atoms with Crippen molar-refractivity contribution >= 4 is 10.0 Å². The van der Waals surface area contributed by atoms with Crippen molar-refractivity contribution in [2.24, 2.45) is 7.05 Å². The van der Waals surface area contributed by atoms with Gasteiger partial charge in [-0.2, -0.15) is 9.40 Å². The normalized spacial score (nSPS) is 23.6. The van der Waals surface area contributed by atoms with E-state index in [4.69, 9.17) is 0 Å². The Bertz CT molecular complexity index is 1050. The molecule has 1 aromatic carbocycles. The molecule has 0 saturated carbocycles. The van der Waals surface area contributed by atoms with Crippen LogP contribution in [0.3, 0.4) is 0 Å². The Morgan fingerprint density at radius 2 is 1.93 bits per heavy atom.